The number of carbonyl (C=O) groups excluding carboxylic acids is 2. The van der Waals surface area contributed by atoms with Gasteiger partial charge in [0, 0.05) is 26.6 Å². The average Bonchev–Trinajstić information content (AvgIpc) is 2.53. The molecule has 0 spiro atoms. The molecule has 0 saturated carbocycles. The second-order valence-corrected chi connectivity index (χ2v) is 5.33. The van der Waals surface area contributed by atoms with Crippen LogP contribution >= 0.6 is 0 Å². The molecule has 110 valence electrons. The lowest BCUT2D eigenvalue weighted by Crippen LogP contribution is -2.44. The quantitative estimate of drug-likeness (QED) is 0.913. The highest BCUT2D eigenvalue weighted by atomic mass is 16.2. The topological polar surface area (TPSA) is 73.2 Å². The second-order valence-electron chi connectivity index (χ2n) is 5.33. The molecule has 0 radical (unpaired) electrons. The van der Waals surface area contributed by atoms with Crippen molar-refractivity contribution in [3.05, 3.63) is 35.4 Å². The molecule has 1 aromatic rings. The van der Waals surface area contributed by atoms with E-state index in [0.29, 0.717) is 18.7 Å². The van der Waals surface area contributed by atoms with Crippen molar-refractivity contribution in [1.29, 1.82) is 5.26 Å². The van der Waals surface area contributed by atoms with Crippen LogP contribution in [0.4, 0.5) is 0 Å². The zero-order valence-electron chi connectivity index (χ0n) is 12.1. The zero-order valence-corrected chi connectivity index (χ0v) is 12.1. The van der Waals surface area contributed by atoms with Crippen LogP contribution in [0.5, 0.6) is 0 Å². The SMILES string of the molecule is CC(=O)N1CCC[C@@H](C(=O)NCc2cccc(C#N)c2)C1. The van der Waals surface area contributed by atoms with Crippen LogP contribution in [0, 0.1) is 17.2 Å². The molecule has 2 rings (SSSR count). The number of piperidine rings is 1. The Morgan fingerprint density at radius 3 is 3.00 bits per heavy atom. The number of nitriles is 1. The highest BCUT2D eigenvalue weighted by Crippen LogP contribution is 2.17. The van der Waals surface area contributed by atoms with Crippen molar-refractivity contribution >= 4 is 11.8 Å². The normalized spacial score (nSPS) is 17.9. The number of benzene rings is 1. The standard InChI is InChI=1S/C16H19N3O2/c1-12(20)19-7-3-6-15(11-19)16(21)18-10-14-5-2-4-13(8-14)9-17/h2,4-5,8,15H,3,6-7,10-11H2,1H3,(H,18,21)/t15-/m1/s1. The van der Waals surface area contributed by atoms with E-state index in [9.17, 15) is 9.59 Å². The third-order valence-corrected chi connectivity index (χ3v) is 3.76. The van der Waals surface area contributed by atoms with E-state index in [0.717, 1.165) is 24.9 Å². The van der Waals surface area contributed by atoms with Gasteiger partial charge in [-0.3, -0.25) is 9.59 Å². The molecule has 1 atom stereocenters. The third kappa shape index (κ3) is 4.06. The molecule has 1 aromatic carbocycles. The molecule has 1 aliphatic heterocycles. The number of nitrogens with one attached hydrogen (secondary N) is 1. The van der Waals surface area contributed by atoms with Gasteiger partial charge < -0.3 is 10.2 Å². The van der Waals surface area contributed by atoms with Crippen molar-refractivity contribution in [1.82, 2.24) is 10.2 Å². The first-order chi connectivity index (χ1) is 10.1. The fourth-order valence-electron chi connectivity index (χ4n) is 2.56. The van der Waals surface area contributed by atoms with Crippen LogP contribution in [0.25, 0.3) is 0 Å². The summed E-state index contributed by atoms with van der Waals surface area (Å²) in [5.74, 6) is -0.140. The largest absolute Gasteiger partial charge is 0.352 e. The van der Waals surface area contributed by atoms with Crippen LogP contribution in [0.3, 0.4) is 0 Å². The Balaban J connectivity index is 1.89. The fourth-order valence-corrected chi connectivity index (χ4v) is 2.56. The van der Waals surface area contributed by atoms with Gasteiger partial charge in [0.25, 0.3) is 0 Å². The summed E-state index contributed by atoms with van der Waals surface area (Å²) in [5.41, 5.74) is 1.49. The minimum Gasteiger partial charge on any atom is -0.352 e. The summed E-state index contributed by atoms with van der Waals surface area (Å²) in [5, 5.41) is 11.7. The van der Waals surface area contributed by atoms with E-state index in [1.165, 1.54) is 6.92 Å². The van der Waals surface area contributed by atoms with E-state index in [4.69, 9.17) is 5.26 Å². The zero-order chi connectivity index (χ0) is 15.2. The fraction of sp³-hybridized carbons (Fsp3) is 0.438. The lowest BCUT2D eigenvalue weighted by Gasteiger charge is -2.31. The van der Waals surface area contributed by atoms with Gasteiger partial charge in [0.1, 0.15) is 0 Å². The van der Waals surface area contributed by atoms with E-state index < -0.39 is 0 Å². The van der Waals surface area contributed by atoms with Crippen LogP contribution < -0.4 is 5.32 Å². The maximum absolute atomic E-state index is 12.2. The molecular formula is C16H19N3O2. The molecule has 5 heteroatoms. The lowest BCUT2D eigenvalue weighted by atomic mass is 9.97. The average molecular weight is 285 g/mol. The van der Waals surface area contributed by atoms with Gasteiger partial charge in [0.05, 0.1) is 17.6 Å². The first-order valence-corrected chi connectivity index (χ1v) is 7.12. The van der Waals surface area contributed by atoms with Gasteiger partial charge >= 0.3 is 0 Å². The Bertz CT molecular complexity index is 577. The van der Waals surface area contributed by atoms with Gasteiger partial charge in [-0.15, -0.1) is 0 Å². The molecule has 0 aliphatic carbocycles. The summed E-state index contributed by atoms with van der Waals surface area (Å²) in [6, 6.07) is 9.26. The number of amides is 2. The van der Waals surface area contributed by atoms with Gasteiger partial charge in [-0.05, 0) is 30.5 Å². The molecule has 1 fully saturated rings. The van der Waals surface area contributed by atoms with Gasteiger partial charge in [0.15, 0.2) is 0 Å². The number of nitrogens with zero attached hydrogens (tertiary/aromatic N) is 2. The molecule has 1 heterocycles. The van der Waals surface area contributed by atoms with Gasteiger partial charge in [-0.25, -0.2) is 0 Å². The van der Waals surface area contributed by atoms with Crippen molar-refractivity contribution in [3.8, 4) is 6.07 Å². The molecule has 1 aliphatic rings. The molecule has 2 amide bonds. The summed E-state index contributed by atoms with van der Waals surface area (Å²) < 4.78 is 0. The van der Waals surface area contributed by atoms with Crippen molar-refractivity contribution in [3.63, 3.8) is 0 Å². The first-order valence-electron chi connectivity index (χ1n) is 7.12. The Labute approximate surface area is 124 Å². The molecule has 1 N–H and O–H groups in total. The highest BCUT2D eigenvalue weighted by Gasteiger charge is 2.26. The highest BCUT2D eigenvalue weighted by molar-refractivity contribution is 5.80. The van der Waals surface area contributed by atoms with E-state index in [1.807, 2.05) is 6.07 Å². The Kier molecular flexibility index (Phi) is 4.94. The molecular weight excluding hydrogens is 266 g/mol. The van der Waals surface area contributed by atoms with Gasteiger partial charge in [0.2, 0.25) is 11.8 Å². The maximum atomic E-state index is 12.2. The minimum atomic E-state index is -0.137. The van der Waals surface area contributed by atoms with Gasteiger partial charge in [-0.2, -0.15) is 5.26 Å². The molecule has 0 unspecified atom stereocenters. The van der Waals surface area contributed by atoms with E-state index in [2.05, 4.69) is 11.4 Å². The monoisotopic (exact) mass is 285 g/mol. The summed E-state index contributed by atoms with van der Waals surface area (Å²) in [6.45, 7) is 3.18. The number of hydrogen-bond donors (Lipinski definition) is 1. The van der Waals surface area contributed by atoms with Crippen molar-refractivity contribution in [2.45, 2.75) is 26.3 Å². The number of hydrogen-bond acceptors (Lipinski definition) is 3. The van der Waals surface area contributed by atoms with E-state index in [-0.39, 0.29) is 17.7 Å². The molecule has 0 aromatic heterocycles. The molecule has 1 saturated heterocycles. The summed E-state index contributed by atoms with van der Waals surface area (Å²) in [6.07, 6.45) is 1.68. The van der Waals surface area contributed by atoms with E-state index >= 15 is 0 Å². The Morgan fingerprint density at radius 1 is 1.48 bits per heavy atom. The lowest BCUT2D eigenvalue weighted by molar-refractivity contribution is -0.134. The van der Waals surface area contributed by atoms with Crippen LogP contribution in [-0.2, 0) is 16.1 Å². The first kappa shape index (κ1) is 15.0. The van der Waals surface area contributed by atoms with Crippen LogP contribution in [-0.4, -0.2) is 29.8 Å². The smallest absolute Gasteiger partial charge is 0.225 e. The van der Waals surface area contributed by atoms with Crippen LogP contribution in [0.15, 0.2) is 24.3 Å². The molecule has 21 heavy (non-hydrogen) atoms. The minimum absolute atomic E-state index is 0.0224. The summed E-state index contributed by atoms with van der Waals surface area (Å²) in [4.78, 5) is 25.3. The Morgan fingerprint density at radius 2 is 2.29 bits per heavy atom. The third-order valence-electron chi connectivity index (χ3n) is 3.76. The number of likely N-dealkylation sites (tertiary alicyclic amines) is 1. The summed E-state index contributed by atoms with van der Waals surface area (Å²) in [7, 11) is 0. The predicted octanol–water partition coefficient (Wildman–Crippen LogP) is 1.43. The Hall–Kier alpha value is -2.35. The molecule has 5 nitrogen and oxygen atoms in total. The number of rotatable bonds is 3. The van der Waals surface area contributed by atoms with Crippen LogP contribution in [0.2, 0.25) is 0 Å². The van der Waals surface area contributed by atoms with Crippen molar-refractivity contribution in [2.24, 2.45) is 5.92 Å². The van der Waals surface area contributed by atoms with Crippen molar-refractivity contribution < 1.29 is 9.59 Å². The van der Waals surface area contributed by atoms with Crippen molar-refractivity contribution in [2.75, 3.05) is 13.1 Å². The maximum Gasteiger partial charge on any atom is 0.225 e. The second kappa shape index (κ2) is 6.89. The van der Waals surface area contributed by atoms with Crippen LogP contribution in [0.1, 0.15) is 30.9 Å². The van der Waals surface area contributed by atoms with E-state index in [1.54, 1.807) is 23.1 Å². The predicted molar refractivity (Wildman–Crippen MR) is 78.0 cm³/mol. The van der Waals surface area contributed by atoms with Gasteiger partial charge in [-0.1, -0.05) is 12.1 Å². The number of carbonyl (C=O) groups is 2. The summed E-state index contributed by atoms with van der Waals surface area (Å²) >= 11 is 0. The molecule has 0 bridgehead atoms.